The van der Waals surface area contributed by atoms with Gasteiger partial charge in [-0.05, 0) is 24.1 Å². The van der Waals surface area contributed by atoms with Crippen LogP contribution in [0.3, 0.4) is 0 Å². The number of para-hydroxylation sites is 1. The molecule has 1 aromatic heterocycles. The molecule has 0 saturated carbocycles. The lowest BCUT2D eigenvalue weighted by Crippen LogP contribution is -2.36. The van der Waals surface area contributed by atoms with E-state index in [9.17, 15) is 8.42 Å². The number of nitrogens with one attached hydrogen (secondary N) is 3. The number of benzene rings is 2. The molecule has 3 rings (SSSR count). The first-order valence-corrected chi connectivity index (χ1v) is 9.29. The van der Waals surface area contributed by atoms with Gasteiger partial charge in [-0.15, -0.1) is 0 Å². The van der Waals surface area contributed by atoms with Gasteiger partial charge in [-0.2, -0.15) is 8.42 Å². The van der Waals surface area contributed by atoms with Gasteiger partial charge in [-0.1, -0.05) is 48.0 Å². The van der Waals surface area contributed by atoms with E-state index < -0.39 is 10.2 Å². The van der Waals surface area contributed by atoms with Crippen LogP contribution in [0.1, 0.15) is 22.6 Å². The lowest BCUT2D eigenvalue weighted by molar-refractivity contribution is 0.569. The van der Waals surface area contributed by atoms with Crippen molar-refractivity contribution in [2.75, 3.05) is 13.6 Å². The van der Waals surface area contributed by atoms with Crippen LogP contribution >= 0.6 is 0 Å². The highest BCUT2D eigenvalue weighted by Gasteiger charge is 2.20. The smallest absolute Gasteiger partial charge is 0.276 e. The predicted molar refractivity (Wildman–Crippen MR) is 97.3 cm³/mol. The first-order valence-electron chi connectivity index (χ1n) is 7.81. The van der Waals surface area contributed by atoms with E-state index in [1.165, 1.54) is 7.05 Å². The monoisotopic (exact) mass is 343 g/mol. The molecule has 0 aliphatic rings. The third kappa shape index (κ3) is 3.51. The number of aromatic nitrogens is 1. The van der Waals surface area contributed by atoms with Crippen molar-refractivity contribution >= 4 is 21.1 Å². The van der Waals surface area contributed by atoms with E-state index in [-0.39, 0.29) is 12.5 Å². The average Bonchev–Trinajstić information content (AvgIpc) is 2.99. The molecule has 0 aliphatic carbocycles. The van der Waals surface area contributed by atoms with Crippen LogP contribution in [-0.4, -0.2) is 27.0 Å². The van der Waals surface area contributed by atoms with E-state index in [4.69, 9.17) is 0 Å². The lowest BCUT2D eigenvalue weighted by atomic mass is 9.90. The Bertz CT molecular complexity index is 948. The Kier molecular flexibility index (Phi) is 4.71. The number of hydrogen-bond acceptors (Lipinski definition) is 2. The van der Waals surface area contributed by atoms with E-state index in [0.717, 1.165) is 27.6 Å². The number of aryl methyl sites for hydroxylation is 1. The second-order valence-electron chi connectivity index (χ2n) is 5.81. The molecule has 1 heterocycles. The van der Waals surface area contributed by atoms with Gasteiger partial charge in [0.1, 0.15) is 0 Å². The quantitative estimate of drug-likeness (QED) is 0.644. The molecule has 5 nitrogen and oxygen atoms in total. The molecular weight excluding hydrogens is 322 g/mol. The number of aromatic amines is 1. The maximum absolute atomic E-state index is 11.8. The summed E-state index contributed by atoms with van der Waals surface area (Å²) < 4.78 is 28.5. The van der Waals surface area contributed by atoms with Gasteiger partial charge in [0.05, 0.1) is 0 Å². The fourth-order valence-electron chi connectivity index (χ4n) is 2.94. The average molecular weight is 343 g/mol. The summed E-state index contributed by atoms with van der Waals surface area (Å²) in [5.74, 6) is -0.0795. The van der Waals surface area contributed by atoms with Crippen molar-refractivity contribution in [1.29, 1.82) is 0 Å². The largest absolute Gasteiger partial charge is 0.361 e. The van der Waals surface area contributed by atoms with Crippen molar-refractivity contribution in [3.8, 4) is 0 Å². The van der Waals surface area contributed by atoms with Crippen molar-refractivity contribution < 1.29 is 8.42 Å². The van der Waals surface area contributed by atoms with Gasteiger partial charge in [0.15, 0.2) is 0 Å². The molecule has 0 fully saturated rings. The summed E-state index contributed by atoms with van der Waals surface area (Å²) in [6, 6.07) is 16.2. The van der Waals surface area contributed by atoms with E-state index >= 15 is 0 Å². The fourth-order valence-corrected chi connectivity index (χ4v) is 3.47. The third-order valence-corrected chi connectivity index (χ3v) is 5.27. The molecule has 0 spiro atoms. The summed E-state index contributed by atoms with van der Waals surface area (Å²) in [4.78, 5) is 3.27. The maximum Gasteiger partial charge on any atom is 0.276 e. The summed E-state index contributed by atoms with van der Waals surface area (Å²) >= 11 is 0. The molecule has 24 heavy (non-hydrogen) atoms. The number of hydrogen-bond donors (Lipinski definition) is 3. The molecule has 0 radical (unpaired) electrons. The normalized spacial score (nSPS) is 13.2. The minimum absolute atomic E-state index is 0.0795. The summed E-state index contributed by atoms with van der Waals surface area (Å²) in [5, 5.41) is 1.10. The van der Waals surface area contributed by atoms with Crippen LogP contribution in [0, 0.1) is 6.92 Å². The van der Waals surface area contributed by atoms with E-state index in [1.807, 2.05) is 49.5 Å². The topological polar surface area (TPSA) is 74.0 Å². The van der Waals surface area contributed by atoms with Crippen LogP contribution in [0.4, 0.5) is 0 Å². The second kappa shape index (κ2) is 6.76. The minimum atomic E-state index is -3.49. The molecule has 126 valence electrons. The van der Waals surface area contributed by atoms with Gasteiger partial charge in [-0.25, -0.2) is 9.44 Å². The van der Waals surface area contributed by atoms with Gasteiger partial charge in [0.2, 0.25) is 0 Å². The van der Waals surface area contributed by atoms with Crippen LogP contribution in [0.15, 0.2) is 54.7 Å². The molecule has 2 aromatic carbocycles. The Labute approximate surface area is 142 Å². The summed E-state index contributed by atoms with van der Waals surface area (Å²) in [6.07, 6.45) is 1.96. The molecule has 3 aromatic rings. The Balaban J connectivity index is 2.04. The Morgan fingerprint density at radius 1 is 1.12 bits per heavy atom. The molecule has 3 N–H and O–H groups in total. The standard InChI is InChI=1S/C18H21N3O2S/c1-13-6-5-7-14(10-13)16(12-21-24(22,23)19-2)17-11-20-18-9-4-3-8-15(17)18/h3-11,16,19-21H,12H2,1-2H3. The minimum Gasteiger partial charge on any atom is -0.361 e. The Morgan fingerprint density at radius 2 is 1.92 bits per heavy atom. The van der Waals surface area contributed by atoms with E-state index in [1.54, 1.807) is 0 Å². The molecule has 1 unspecified atom stereocenters. The molecule has 1 atom stereocenters. The van der Waals surface area contributed by atoms with Gasteiger partial charge >= 0.3 is 0 Å². The molecule has 0 amide bonds. The van der Waals surface area contributed by atoms with Gasteiger partial charge < -0.3 is 4.98 Å². The number of H-pyrrole nitrogens is 1. The van der Waals surface area contributed by atoms with E-state index in [0.29, 0.717) is 0 Å². The maximum atomic E-state index is 11.8. The Hall–Kier alpha value is -2.15. The second-order valence-corrected chi connectivity index (χ2v) is 7.52. The zero-order valence-electron chi connectivity index (χ0n) is 13.7. The number of rotatable bonds is 6. The zero-order chi connectivity index (χ0) is 17.2. The van der Waals surface area contributed by atoms with Crippen molar-refractivity contribution in [3.63, 3.8) is 0 Å². The predicted octanol–water partition coefficient (Wildman–Crippen LogP) is 2.66. The summed E-state index contributed by atoms with van der Waals surface area (Å²) in [5.41, 5.74) is 4.35. The fraction of sp³-hybridized carbons (Fsp3) is 0.222. The molecule has 0 aliphatic heterocycles. The zero-order valence-corrected chi connectivity index (χ0v) is 14.5. The lowest BCUT2D eigenvalue weighted by Gasteiger charge is -2.18. The SMILES string of the molecule is CNS(=O)(=O)NCC(c1cccc(C)c1)c1c[nH]c2ccccc12. The summed E-state index contributed by atoms with van der Waals surface area (Å²) in [7, 11) is -2.09. The Morgan fingerprint density at radius 3 is 2.67 bits per heavy atom. The van der Waals surface area contributed by atoms with E-state index in [2.05, 4.69) is 26.6 Å². The van der Waals surface area contributed by atoms with Gasteiger partial charge in [0.25, 0.3) is 10.2 Å². The number of fused-ring (bicyclic) bond motifs is 1. The summed E-state index contributed by atoms with van der Waals surface area (Å²) in [6.45, 7) is 2.32. The van der Waals surface area contributed by atoms with Crippen molar-refractivity contribution in [1.82, 2.24) is 14.4 Å². The van der Waals surface area contributed by atoms with Crippen molar-refractivity contribution in [3.05, 3.63) is 71.4 Å². The highest BCUT2D eigenvalue weighted by molar-refractivity contribution is 7.87. The van der Waals surface area contributed by atoms with Crippen LogP contribution in [0.2, 0.25) is 0 Å². The van der Waals surface area contributed by atoms with Gasteiger partial charge in [-0.3, -0.25) is 0 Å². The first-order chi connectivity index (χ1) is 11.5. The molecule has 6 heteroatoms. The van der Waals surface area contributed by atoms with Gasteiger partial charge in [0, 0.05) is 36.6 Å². The van der Waals surface area contributed by atoms with Crippen LogP contribution in [-0.2, 0) is 10.2 Å². The molecule has 0 bridgehead atoms. The van der Waals surface area contributed by atoms with Crippen molar-refractivity contribution in [2.45, 2.75) is 12.8 Å². The highest BCUT2D eigenvalue weighted by atomic mass is 32.2. The molecule has 0 saturated heterocycles. The van der Waals surface area contributed by atoms with Crippen molar-refractivity contribution in [2.24, 2.45) is 0 Å². The third-order valence-electron chi connectivity index (χ3n) is 4.19. The van der Waals surface area contributed by atoms with Crippen LogP contribution in [0.5, 0.6) is 0 Å². The van der Waals surface area contributed by atoms with Crippen LogP contribution in [0.25, 0.3) is 10.9 Å². The van der Waals surface area contributed by atoms with Crippen LogP contribution < -0.4 is 9.44 Å². The molecular formula is C18H21N3O2S. The first kappa shape index (κ1) is 16.7. The highest BCUT2D eigenvalue weighted by Crippen LogP contribution is 2.31.